The second-order valence-corrected chi connectivity index (χ2v) is 4.76. The number of aliphatic hydroxyl groups is 2. The van der Waals surface area contributed by atoms with E-state index in [1.807, 2.05) is 0 Å². The summed E-state index contributed by atoms with van der Waals surface area (Å²) in [5.74, 6) is 0.321. The molecule has 3 rings (SSSR count). The lowest BCUT2D eigenvalue weighted by Gasteiger charge is -2.30. The van der Waals surface area contributed by atoms with Gasteiger partial charge in [-0.2, -0.15) is 0 Å². The molecule has 2 aliphatic carbocycles. The van der Waals surface area contributed by atoms with Gasteiger partial charge in [-0.05, 0) is 6.42 Å². The van der Waals surface area contributed by atoms with E-state index in [2.05, 4.69) is 0 Å². The number of rotatable bonds is 1. The van der Waals surface area contributed by atoms with Crippen LogP contribution in [0.1, 0.15) is 6.42 Å². The third-order valence-corrected chi connectivity index (χ3v) is 4.27. The van der Waals surface area contributed by atoms with Gasteiger partial charge < -0.3 is 20.7 Å². The third-order valence-electron chi connectivity index (χ3n) is 4.27. The summed E-state index contributed by atoms with van der Waals surface area (Å²) >= 11 is 0. The van der Waals surface area contributed by atoms with E-state index in [0.29, 0.717) is 6.61 Å². The monoisotopic (exact) mass is 185 g/mol. The molecule has 0 aromatic rings. The highest BCUT2D eigenvalue weighted by Crippen LogP contribution is 2.60. The van der Waals surface area contributed by atoms with Crippen molar-refractivity contribution in [1.29, 1.82) is 0 Å². The van der Waals surface area contributed by atoms with Crippen molar-refractivity contribution in [3.8, 4) is 0 Å². The molecule has 0 radical (unpaired) electrons. The Morgan fingerprint density at radius 1 is 1.54 bits per heavy atom. The molecule has 3 fully saturated rings. The summed E-state index contributed by atoms with van der Waals surface area (Å²) in [5.41, 5.74) is 5.87. The largest absolute Gasteiger partial charge is 0.396 e. The zero-order chi connectivity index (χ0) is 9.22. The summed E-state index contributed by atoms with van der Waals surface area (Å²) in [6, 6.07) is 0.0228. The topological polar surface area (TPSA) is 75.7 Å². The second-order valence-electron chi connectivity index (χ2n) is 4.76. The van der Waals surface area contributed by atoms with Gasteiger partial charge in [0.2, 0.25) is 0 Å². The fourth-order valence-electron chi connectivity index (χ4n) is 3.62. The molecule has 6 atom stereocenters. The molecule has 0 amide bonds. The first-order chi connectivity index (χ1) is 6.19. The molecule has 1 aliphatic heterocycles. The lowest BCUT2D eigenvalue weighted by atomic mass is 9.74. The highest BCUT2D eigenvalue weighted by molar-refractivity contribution is 5.18. The molecule has 1 heterocycles. The molecule has 74 valence electrons. The quantitative estimate of drug-likeness (QED) is 0.474. The summed E-state index contributed by atoms with van der Waals surface area (Å²) in [4.78, 5) is 0. The normalized spacial score (nSPS) is 63.5. The van der Waals surface area contributed by atoms with Crippen LogP contribution in [0.2, 0.25) is 0 Å². The van der Waals surface area contributed by atoms with Crippen molar-refractivity contribution in [2.45, 2.75) is 24.7 Å². The van der Waals surface area contributed by atoms with Crippen molar-refractivity contribution in [2.24, 2.45) is 23.0 Å². The number of hydrogen-bond donors (Lipinski definition) is 3. The molecule has 4 N–H and O–H groups in total. The number of ether oxygens (including phenoxy) is 1. The van der Waals surface area contributed by atoms with Gasteiger partial charge in [0, 0.05) is 23.3 Å². The molecule has 4 nitrogen and oxygen atoms in total. The summed E-state index contributed by atoms with van der Waals surface area (Å²) in [7, 11) is 0. The Labute approximate surface area is 76.7 Å². The van der Waals surface area contributed by atoms with Crippen LogP contribution >= 0.6 is 0 Å². The third kappa shape index (κ3) is 0.722. The Balaban J connectivity index is 2.02. The Morgan fingerprint density at radius 3 is 2.92 bits per heavy atom. The zero-order valence-corrected chi connectivity index (χ0v) is 7.39. The maximum Gasteiger partial charge on any atom is 0.0887 e. The Morgan fingerprint density at radius 2 is 2.31 bits per heavy atom. The van der Waals surface area contributed by atoms with Gasteiger partial charge in [0.05, 0.1) is 25.4 Å². The van der Waals surface area contributed by atoms with Gasteiger partial charge in [-0.15, -0.1) is 0 Å². The lowest BCUT2D eigenvalue weighted by Crippen LogP contribution is -2.40. The van der Waals surface area contributed by atoms with Crippen molar-refractivity contribution in [3.63, 3.8) is 0 Å². The van der Waals surface area contributed by atoms with Crippen LogP contribution in [0.5, 0.6) is 0 Å². The average molecular weight is 185 g/mol. The molecule has 13 heavy (non-hydrogen) atoms. The van der Waals surface area contributed by atoms with E-state index < -0.39 is 6.10 Å². The SMILES string of the molecule is N[C@H]1[C@H]2C[C@]3(CO)CO[C@H]([C@H]2O)[C@H]13. The standard InChI is InChI=1S/C9H15NO3/c10-6-4-1-9(2-11)3-13-8(5(6)9)7(4)12/h4-8,11-12H,1-3,10H2/t4-,5+,6+,7+,8+,9+/m1/s1. The van der Waals surface area contributed by atoms with Crippen molar-refractivity contribution in [2.75, 3.05) is 13.2 Å². The van der Waals surface area contributed by atoms with E-state index in [1.165, 1.54) is 0 Å². The first-order valence-corrected chi connectivity index (χ1v) is 4.86. The fraction of sp³-hybridized carbons (Fsp3) is 1.00. The van der Waals surface area contributed by atoms with E-state index in [9.17, 15) is 10.2 Å². The number of nitrogens with two attached hydrogens (primary N) is 1. The molecule has 4 heteroatoms. The molecule has 2 bridgehead atoms. The maximum atomic E-state index is 9.80. The van der Waals surface area contributed by atoms with Gasteiger partial charge in [0.15, 0.2) is 0 Å². The van der Waals surface area contributed by atoms with E-state index >= 15 is 0 Å². The average Bonchev–Trinajstić information content (AvgIpc) is 2.66. The molecule has 0 aromatic heterocycles. The van der Waals surface area contributed by atoms with Crippen LogP contribution in [0, 0.1) is 17.3 Å². The molecule has 1 saturated heterocycles. The first kappa shape index (κ1) is 8.17. The van der Waals surface area contributed by atoms with Gasteiger partial charge in [0.25, 0.3) is 0 Å². The van der Waals surface area contributed by atoms with Crippen molar-refractivity contribution < 1.29 is 14.9 Å². The van der Waals surface area contributed by atoms with Crippen LogP contribution in [0.25, 0.3) is 0 Å². The number of fused-ring (bicyclic) bond motifs is 1. The number of aliphatic hydroxyl groups excluding tert-OH is 2. The highest BCUT2D eigenvalue weighted by atomic mass is 16.5. The van der Waals surface area contributed by atoms with Crippen molar-refractivity contribution in [1.82, 2.24) is 0 Å². The van der Waals surface area contributed by atoms with Gasteiger partial charge in [-0.1, -0.05) is 0 Å². The van der Waals surface area contributed by atoms with E-state index in [0.717, 1.165) is 6.42 Å². The van der Waals surface area contributed by atoms with Crippen LogP contribution in [-0.2, 0) is 4.74 Å². The molecular weight excluding hydrogens is 170 g/mol. The molecule has 0 unspecified atom stereocenters. The molecule has 0 aromatic carbocycles. The van der Waals surface area contributed by atoms with Crippen LogP contribution in [0.15, 0.2) is 0 Å². The van der Waals surface area contributed by atoms with Crippen LogP contribution in [0.3, 0.4) is 0 Å². The van der Waals surface area contributed by atoms with Crippen LogP contribution < -0.4 is 5.73 Å². The van der Waals surface area contributed by atoms with Crippen molar-refractivity contribution in [3.05, 3.63) is 0 Å². The second kappa shape index (κ2) is 2.25. The predicted octanol–water partition coefficient (Wildman–Crippen LogP) is -1.30. The number of hydrogen-bond acceptors (Lipinski definition) is 4. The van der Waals surface area contributed by atoms with Gasteiger partial charge in [-0.3, -0.25) is 0 Å². The zero-order valence-electron chi connectivity index (χ0n) is 7.39. The summed E-state index contributed by atoms with van der Waals surface area (Å²) in [5, 5.41) is 19.2. The lowest BCUT2D eigenvalue weighted by molar-refractivity contribution is -0.0112. The summed E-state index contributed by atoms with van der Waals surface area (Å²) in [6.07, 6.45) is 0.315. The highest BCUT2D eigenvalue weighted by Gasteiger charge is 2.68. The first-order valence-electron chi connectivity index (χ1n) is 4.86. The van der Waals surface area contributed by atoms with Crippen molar-refractivity contribution >= 4 is 0 Å². The molecule has 2 saturated carbocycles. The Bertz CT molecular complexity index is 245. The van der Waals surface area contributed by atoms with E-state index in [4.69, 9.17) is 10.5 Å². The maximum absolute atomic E-state index is 9.80. The van der Waals surface area contributed by atoms with Crippen LogP contribution in [0.4, 0.5) is 0 Å². The molecule has 0 spiro atoms. The van der Waals surface area contributed by atoms with Crippen LogP contribution in [-0.4, -0.2) is 41.7 Å². The minimum absolute atomic E-state index is 0.0228. The minimum Gasteiger partial charge on any atom is -0.396 e. The summed E-state index contributed by atoms with van der Waals surface area (Å²) in [6.45, 7) is 0.713. The molecular formula is C9H15NO3. The Kier molecular flexibility index (Phi) is 1.42. The van der Waals surface area contributed by atoms with Gasteiger partial charge in [-0.25, -0.2) is 0 Å². The minimum atomic E-state index is -0.401. The smallest absolute Gasteiger partial charge is 0.0887 e. The fourth-order valence-corrected chi connectivity index (χ4v) is 3.62. The van der Waals surface area contributed by atoms with Gasteiger partial charge in [0.1, 0.15) is 0 Å². The Hall–Kier alpha value is -0.160. The predicted molar refractivity (Wildman–Crippen MR) is 44.8 cm³/mol. The summed E-state index contributed by atoms with van der Waals surface area (Å²) < 4.78 is 5.52. The van der Waals surface area contributed by atoms with Gasteiger partial charge >= 0.3 is 0 Å². The van der Waals surface area contributed by atoms with E-state index in [-0.39, 0.29) is 36.0 Å². The van der Waals surface area contributed by atoms with E-state index in [1.54, 1.807) is 0 Å². The molecule has 3 aliphatic rings.